The number of hydrogen-bond acceptors (Lipinski definition) is 6. The van der Waals surface area contributed by atoms with Gasteiger partial charge in [0.2, 0.25) is 10.0 Å². The number of carbonyl (C=O) groups excluding carboxylic acids is 2. The SMILES string of the molecule is CS(=O)(=O)Nc1cccc(-c2cccc(CC(O)(C(=O)Nc3ccc(C#N)c(C(F)(F)F)c3)C3CCN(C(=O)c4ccccc4)CC3)c2)c1. The molecule has 1 aliphatic rings. The number of amides is 2. The normalized spacial score (nSPS) is 15.1. The molecule has 1 heterocycles. The third-order valence-electron chi connectivity index (χ3n) is 8.47. The number of benzene rings is 4. The molecule has 1 aliphatic heterocycles. The first-order chi connectivity index (χ1) is 23.2. The molecule has 4 aromatic rings. The van der Waals surface area contributed by atoms with E-state index in [1.54, 1.807) is 83.8 Å². The third kappa shape index (κ3) is 8.46. The predicted octanol–water partition coefficient (Wildman–Crippen LogP) is 6.08. The fourth-order valence-corrected chi connectivity index (χ4v) is 6.63. The van der Waals surface area contributed by atoms with Crippen LogP contribution in [0.25, 0.3) is 11.1 Å². The summed E-state index contributed by atoms with van der Waals surface area (Å²) in [7, 11) is -3.53. The highest BCUT2D eigenvalue weighted by molar-refractivity contribution is 7.92. The molecule has 0 aliphatic carbocycles. The predicted molar refractivity (Wildman–Crippen MR) is 179 cm³/mol. The van der Waals surface area contributed by atoms with Gasteiger partial charge in [-0.3, -0.25) is 14.3 Å². The smallest absolute Gasteiger partial charge is 0.379 e. The molecule has 1 unspecified atom stereocenters. The Balaban J connectivity index is 1.45. The van der Waals surface area contributed by atoms with E-state index in [1.165, 1.54) is 12.1 Å². The van der Waals surface area contributed by atoms with Crippen molar-refractivity contribution in [1.82, 2.24) is 4.90 Å². The Bertz CT molecular complexity index is 2010. The van der Waals surface area contributed by atoms with Crippen molar-refractivity contribution in [3.8, 4) is 17.2 Å². The van der Waals surface area contributed by atoms with Crippen molar-refractivity contribution in [3.05, 3.63) is 119 Å². The molecule has 1 atom stereocenters. The fraction of sp³-hybridized carbons (Fsp3) is 0.250. The first-order valence-corrected chi connectivity index (χ1v) is 17.2. The maximum atomic E-state index is 14.0. The number of alkyl halides is 3. The molecule has 0 aromatic heterocycles. The van der Waals surface area contributed by atoms with Gasteiger partial charge < -0.3 is 15.3 Å². The summed E-state index contributed by atoms with van der Waals surface area (Å²) in [5.74, 6) is -1.80. The van der Waals surface area contributed by atoms with Gasteiger partial charge in [0.1, 0.15) is 5.60 Å². The van der Waals surface area contributed by atoms with Gasteiger partial charge in [0.25, 0.3) is 11.8 Å². The van der Waals surface area contributed by atoms with E-state index in [-0.39, 0.29) is 43.9 Å². The molecule has 1 saturated heterocycles. The molecule has 49 heavy (non-hydrogen) atoms. The number of piperidine rings is 1. The largest absolute Gasteiger partial charge is 0.417 e. The van der Waals surface area contributed by atoms with Crippen molar-refractivity contribution in [2.75, 3.05) is 29.4 Å². The lowest BCUT2D eigenvalue weighted by Gasteiger charge is -2.40. The number of carbonyl (C=O) groups is 2. The van der Waals surface area contributed by atoms with Crippen LogP contribution in [-0.2, 0) is 27.4 Å². The van der Waals surface area contributed by atoms with Gasteiger partial charge in [-0.1, -0.05) is 54.6 Å². The topological polar surface area (TPSA) is 140 Å². The van der Waals surface area contributed by atoms with E-state index in [4.69, 9.17) is 0 Å². The van der Waals surface area contributed by atoms with Crippen LogP contribution in [-0.4, -0.2) is 55.2 Å². The van der Waals surface area contributed by atoms with Crippen LogP contribution in [0.5, 0.6) is 0 Å². The lowest BCUT2D eigenvalue weighted by Crippen LogP contribution is -2.54. The highest BCUT2D eigenvalue weighted by Crippen LogP contribution is 2.37. The van der Waals surface area contributed by atoms with Crippen LogP contribution in [0.3, 0.4) is 0 Å². The molecular formula is C36H33F3N4O5S. The molecule has 9 nitrogen and oxygen atoms in total. The Morgan fingerprint density at radius 1 is 0.898 bits per heavy atom. The minimum absolute atomic E-state index is 0.190. The number of halogens is 3. The first kappa shape index (κ1) is 35.1. The van der Waals surface area contributed by atoms with Crippen molar-refractivity contribution in [2.45, 2.75) is 31.0 Å². The molecule has 0 radical (unpaired) electrons. The van der Waals surface area contributed by atoms with E-state index in [2.05, 4.69) is 10.0 Å². The van der Waals surface area contributed by atoms with Crippen LogP contribution >= 0.6 is 0 Å². The van der Waals surface area contributed by atoms with E-state index in [0.717, 1.165) is 12.3 Å². The number of likely N-dealkylation sites (tertiary alicyclic amines) is 1. The zero-order valence-corrected chi connectivity index (χ0v) is 27.2. The average Bonchev–Trinajstić information content (AvgIpc) is 3.07. The number of hydrogen-bond donors (Lipinski definition) is 3. The van der Waals surface area contributed by atoms with Crippen LogP contribution in [0.2, 0.25) is 0 Å². The zero-order chi connectivity index (χ0) is 35.4. The van der Waals surface area contributed by atoms with Gasteiger partial charge in [-0.25, -0.2) is 8.42 Å². The number of rotatable bonds is 9. The molecule has 13 heteroatoms. The van der Waals surface area contributed by atoms with Crippen molar-refractivity contribution >= 4 is 33.2 Å². The quantitative estimate of drug-likeness (QED) is 0.195. The minimum atomic E-state index is -4.85. The van der Waals surface area contributed by atoms with Gasteiger partial charge in [-0.05, 0) is 72.0 Å². The minimum Gasteiger partial charge on any atom is -0.379 e. The maximum absolute atomic E-state index is 14.0. The summed E-state index contributed by atoms with van der Waals surface area (Å²) in [5.41, 5.74) is -1.47. The third-order valence-corrected chi connectivity index (χ3v) is 9.08. The van der Waals surface area contributed by atoms with E-state index in [1.807, 2.05) is 0 Å². The van der Waals surface area contributed by atoms with Crippen LogP contribution in [0.4, 0.5) is 24.5 Å². The summed E-state index contributed by atoms with van der Waals surface area (Å²) in [6.07, 6.45) is -3.55. The second-order valence-corrected chi connectivity index (χ2v) is 13.8. The Hall–Kier alpha value is -5.19. The summed E-state index contributed by atoms with van der Waals surface area (Å²) in [4.78, 5) is 28.7. The molecule has 0 saturated carbocycles. The number of nitrogens with one attached hydrogen (secondary N) is 2. The molecule has 5 rings (SSSR count). The summed E-state index contributed by atoms with van der Waals surface area (Å²) in [6.45, 7) is 0.479. The fourth-order valence-electron chi connectivity index (χ4n) is 6.08. The van der Waals surface area contributed by atoms with Gasteiger partial charge in [0.15, 0.2) is 0 Å². The zero-order valence-electron chi connectivity index (χ0n) is 26.4. The van der Waals surface area contributed by atoms with Crippen molar-refractivity contribution in [3.63, 3.8) is 0 Å². The van der Waals surface area contributed by atoms with E-state index in [9.17, 15) is 41.5 Å². The van der Waals surface area contributed by atoms with Gasteiger partial charge in [0.05, 0.1) is 23.5 Å². The lowest BCUT2D eigenvalue weighted by molar-refractivity contribution is -0.142. The van der Waals surface area contributed by atoms with Crippen LogP contribution < -0.4 is 10.0 Å². The Morgan fingerprint density at radius 3 is 2.18 bits per heavy atom. The summed E-state index contributed by atoms with van der Waals surface area (Å²) < 4.78 is 67.0. The van der Waals surface area contributed by atoms with Crippen LogP contribution in [0, 0.1) is 17.2 Å². The van der Waals surface area contributed by atoms with Crippen molar-refractivity contribution in [2.24, 2.45) is 5.92 Å². The Kier molecular flexibility index (Phi) is 10.1. The summed E-state index contributed by atoms with van der Waals surface area (Å²) >= 11 is 0. The number of anilines is 2. The highest BCUT2D eigenvalue weighted by Gasteiger charge is 2.46. The lowest BCUT2D eigenvalue weighted by atomic mass is 9.75. The molecule has 2 amide bonds. The van der Waals surface area contributed by atoms with E-state index < -0.39 is 44.8 Å². The van der Waals surface area contributed by atoms with Gasteiger partial charge in [0, 0.05) is 42.4 Å². The standard InChI is InChI=1S/C36H33F3N4O5S/c1-49(47,48)42-31-12-6-11-27(20-31)26-10-5-7-24(19-26)22-35(46,29-15-17-43(18-16-29)33(44)25-8-3-2-4-9-25)34(45)41-30-14-13-28(23-40)32(21-30)36(37,38)39/h2-14,19-21,29,42,46H,15-18,22H2,1H3,(H,41,45). The van der Waals surface area contributed by atoms with E-state index >= 15 is 0 Å². The maximum Gasteiger partial charge on any atom is 0.417 e. The number of aliphatic hydroxyl groups is 1. The Morgan fingerprint density at radius 2 is 1.55 bits per heavy atom. The number of sulfonamides is 1. The molecule has 0 bridgehead atoms. The number of nitriles is 1. The highest BCUT2D eigenvalue weighted by atomic mass is 32.2. The average molecular weight is 691 g/mol. The van der Waals surface area contributed by atoms with Gasteiger partial charge in [-0.2, -0.15) is 18.4 Å². The molecule has 0 spiro atoms. The van der Waals surface area contributed by atoms with E-state index in [0.29, 0.717) is 34.0 Å². The van der Waals surface area contributed by atoms with Crippen molar-refractivity contribution in [1.29, 1.82) is 5.26 Å². The molecule has 254 valence electrons. The number of nitrogens with zero attached hydrogens (tertiary/aromatic N) is 2. The molecule has 1 fully saturated rings. The summed E-state index contributed by atoms with van der Waals surface area (Å²) in [6, 6.07) is 26.6. The van der Waals surface area contributed by atoms with Crippen LogP contribution in [0.15, 0.2) is 97.1 Å². The summed E-state index contributed by atoms with van der Waals surface area (Å²) in [5, 5.41) is 23.9. The van der Waals surface area contributed by atoms with Gasteiger partial charge in [-0.15, -0.1) is 0 Å². The molecule has 4 aromatic carbocycles. The molecular weight excluding hydrogens is 657 g/mol. The van der Waals surface area contributed by atoms with Crippen molar-refractivity contribution < 1.29 is 36.3 Å². The first-order valence-electron chi connectivity index (χ1n) is 15.3. The van der Waals surface area contributed by atoms with Gasteiger partial charge >= 0.3 is 6.18 Å². The second-order valence-electron chi connectivity index (χ2n) is 12.0. The Labute approximate surface area is 282 Å². The van der Waals surface area contributed by atoms with Crippen LogP contribution in [0.1, 0.15) is 39.9 Å². The monoisotopic (exact) mass is 690 g/mol. The second kappa shape index (κ2) is 14.1. The molecule has 3 N–H and O–H groups in total.